The first-order valence-electron chi connectivity index (χ1n) is 9.25. The van der Waals surface area contributed by atoms with Crippen LogP contribution < -0.4 is 15.8 Å². The second kappa shape index (κ2) is 7.02. The molecule has 0 radical (unpaired) electrons. The lowest BCUT2D eigenvalue weighted by Gasteiger charge is -2.10. The average molecular weight is 368 g/mol. The van der Waals surface area contributed by atoms with Crippen molar-refractivity contribution in [2.45, 2.75) is 39.2 Å². The van der Waals surface area contributed by atoms with E-state index in [0.717, 1.165) is 36.9 Å². The van der Waals surface area contributed by atoms with Crippen LogP contribution in [0.1, 0.15) is 36.9 Å². The number of allylic oxidation sites excluding steroid dienone is 1. The van der Waals surface area contributed by atoms with Gasteiger partial charge in [-0.2, -0.15) is 10.2 Å². The lowest BCUT2D eigenvalue weighted by atomic mass is 10.0. The molecular formula is C19H24N6O2. The van der Waals surface area contributed by atoms with E-state index in [9.17, 15) is 4.79 Å². The fourth-order valence-electron chi connectivity index (χ4n) is 3.40. The van der Waals surface area contributed by atoms with Gasteiger partial charge in [0.1, 0.15) is 0 Å². The summed E-state index contributed by atoms with van der Waals surface area (Å²) in [6.07, 6.45) is 8.00. The molecule has 2 saturated carbocycles. The number of nitrogens with one attached hydrogen (secondary N) is 1. The Labute approximate surface area is 157 Å². The number of anilines is 1. The Morgan fingerprint density at radius 1 is 1.30 bits per heavy atom. The summed E-state index contributed by atoms with van der Waals surface area (Å²) in [4.78, 5) is 12.6. The number of aryl methyl sites for hydroxylation is 1. The van der Waals surface area contributed by atoms with Crippen LogP contribution in [0.2, 0.25) is 0 Å². The SMILES string of the molecule is COc1nnc(C)cc1Cn1cc(NC(=O)C(N)=C(C2CC2)C2CC2)cn1. The van der Waals surface area contributed by atoms with Crippen LogP contribution in [0.4, 0.5) is 5.69 Å². The molecule has 2 aliphatic carbocycles. The fraction of sp³-hybridized carbons (Fsp3) is 0.474. The van der Waals surface area contributed by atoms with Crippen LogP contribution in [0, 0.1) is 18.8 Å². The number of nitrogens with zero attached hydrogens (tertiary/aromatic N) is 4. The number of rotatable bonds is 7. The zero-order chi connectivity index (χ0) is 19.0. The van der Waals surface area contributed by atoms with Crippen LogP contribution >= 0.6 is 0 Å². The molecule has 8 heteroatoms. The summed E-state index contributed by atoms with van der Waals surface area (Å²) in [6, 6.07) is 1.91. The second-order valence-corrected chi connectivity index (χ2v) is 7.32. The highest BCUT2D eigenvalue weighted by Crippen LogP contribution is 2.49. The van der Waals surface area contributed by atoms with Crippen molar-refractivity contribution in [1.29, 1.82) is 0 Å². The van der Waals surface area contributed by atoms with Gasteiger partial charge < -0.3 is 15.8 Å². The van der Waals surface area contributed by atoms with Crippen LogP contribution in [0.15, 0.2) is 29.7 Å². The summed E-state index contributed by atoms with van der Waals surface area (Å²) < 4.78 is 6.97. The van der Waals surface area contributed by atoms with Crippen molar-refractivity contribution in [3.63, 3.8) is 0 Å². The highest BCUT2D eigenvalue weighted by atomic mass is 16.5. The molecule has 3 N–H and O–H groups in total. The fourth-order valence-corrected chi connectivity index (χ4v) is 3.40. The van der Waals surface area contributed by atoms with Gasteiger partial charge in [-0.05, 0) is 56.1 Å². The van der Waals surface area contributed by atoms with Crippen molar-refractivity contribution < 1.29 is 9.53 Å². The lowest BCUT2D eigenvalue weighted by molar-refractivity contribution is -0.113. The molecule has 0 bridgehead atoms. The monoisotopic (exact) mass is 368 g/mol. The molecule has 2 heterocycles. The third kappa shape index (κ3) is 3.94. The number of hydrogen-bond acceptors (Lipinski definition) is 6. The molecule has 2 aliphatic rings. The number of carbonyl (C=O) groups is 1. The maximum Gasteiger partial charge on any atom is 0.271 e. The van der Waals surface area contributed by atoms with Gasteiger partial charge in [0.05, 0.1) is 36.9 Å². The lowest BCUT2D eigenvalue weighted by Crippen LogP contribution is -2.23. The molecule has 0 aliphatic heterocycles. The number of ether oxygens (including phenoxy) is 1. The average Bonchev–Trinajstić information content (AvgIpc) is 3.57. The van der Waals surface area contributed by atoms with Gasteiger partial charge >= 0.3 is 0 Å². The van der Waals surface area contributed by atoms with Crippen molar-refractivity contribution in [2.24, 2.45) is 17.6 Å². The smallest absolute Gasteiger partial charge is 0.271 e. The molecule has 142 valence electrons. The third-order valence-corrected chi connectivity index (χ3v) is 4.96. The summed E-state index contributed by atoms with van der Waals surface area (Å²) in [6.45, 7) is 2.34. The molecule has 0 saturated heterocycles. The summed E-state index contributed by atoms with van der Waals surface area (Å²) in [5, 5.41) is 15.2. The van der Waals surface area contributed by atoms with E-state index in [1.807, 2.05) is 13.0 Å². The standard InChI is InChI=1S/C19H24N6O2/c1-11-7-14(19(27-2)24-23-11)9-25-10-15(8-21-25)22-18(26)17(20)16(12-3-4-12)13-5-6-13/h7-8,10,12-13H,3-6,9,20H2,1-2H3,(H,22,26). The van der Waals surface area contributed by atoms with Crippen molar-refractivity contribution in [3.05, 3.63) is 41.0 Å². The molecule has 1 amide bonds. The number of amides is 1. The number of carbonyl (C=O) groups excluding carboxylic acids is 1. The minimum absolute atomic E-state index is 0.234. The van der Waals surface area contributed by atoms with Gasteiger partial charge in [0, 0.05) is 11.8 Å². The summed E-state index contributed by atoms with van der Waals surface area (Å²) in [5.74, 6) is 1.26. The topological polar surface area (TPSA) is 108 Å². The van der Waals surface area contributed by atoms with E-state index in [0.29, 0.717) is 35.6 Å². The highest BCUT2D eigenvalue weighted by molar-refractivity contribution is 6.03. The van der Waals surface area contributed by atoms with Crippen LogP contribution in [0.25, 0.3) is 0 Å². The Morgan fingerprint density at radius 2 is 2.00 bits per heavy atom. The summed E-state index contributed by atoms with van der Waals surface area (Å²) >= 11 is 0. The van der Waals surface area contributed by atoms with Crippen molar-refractivity contribution >= 4 is 11.6 Å². The molecule has 0 unspecified atom stereocenters. The molecule has 2 fully saturated rings. The Balaban J connectivity index is 1.46. The van der Waals surface area contributed by atoms with Gasteiger partial charge in [0.15, 0.2) is 0 Å². The number of aromatic nitrogens is 4. The van der Waals surface area contributed by atoms with Gasteiger partial charge in [0.25, 0.3) is 5.91 Å². The number of nitrogens with two attached hydrogens (primary N) is 1. The van der Waals surface area contributed by atoms with Crippen LogP contribution in [-0.2, 0) is 11.3 Å². The van der Waals surface area contributed by atoms with E-state index in [-0.39, 0.29) is 5.91 Å². The van der Waals surface area contributed by atoms with E-state index in [1.165, 1.54) is 5.57 Å². The van der Waals surface area contributed by atoms with E-state index < -0.39 is 0 Å². The Kier molecular flexibility index (Phi) is 4.55. The van der Waals surface area contributed by atoms with E-state index in [2.05, 4.69) is 20.6 Å². The molecule has 8 nitrogen and oxygen atoms in total. The third-order valence-electron chi connectivity index (χ3n) is 4.96. The summed E-state index contributed by atoms with van der Waals surface area (Å²) in [7, 11) is 1.56. The highest BCUT2D eigenvalue weighted by Gasteiger charge is 2.39. The van der Waals surface area contributed by atoms with Crippen LogP contribution in [0.5, 0.6) is 5.88 Å². The van der Waals surface area contributed by atoms with Gasteiger partial charge in [-0.25, -0.2) is 0 Å². The zero-order valence-electron chi connectivity index (χ0n) is 15.6. The van der Waals surface area contributed by atoms with E-state index >= 15 is 0 Å². The predicted molar refractivity (Wildman–Crippen MR) is 99.9 cm³/mol. The molecule has 0 atom stereocenters. The number of methoxy groups -OCH3 is 1. The normalized spacial score (nSPS) is 16.1. The summed E-state index contributed by atoms with van der Waals surface area (Å²) in [5.41, 5.74) is 10.0. The van der Waals surface area contributed by atoms with Crippen molar-refractivity contribution in [2.75, 3.05) is 12.4 Å². The van der Waals surface area contributed by atoms with Crippen LogP contribution in [0.3, 0.4) is 0 Å². The maximum absolute atomic E-state index is 12.6. The Hall–Kier alpha value is -2.90. The van der Waals surface area contributed by atoms with E-state index in [4.69, 9.17) is 10.5 Å². The quantitative estimate of drug-likeness (QED) is 0.724. The van der Waals surface area contributed by atoms with Gasteiger partial charge in [0.2, 0.25) is 5.88 Å². The van der Waals surface area contributed by atoms with Crippen molar-refractivity contribution in [1.82, 2.24) is 20.0 Å². The van der Waals surface area contributed by atoms with Gasteiger partial charge in [-0.3, -0.25) is 9.48 Å². The Bertz CT molecular complexity index is 881. The molecule has 2 aromatic heterocycles. The first kappa shape index (κ1) is 17.5. The van der Waals surface area contributed by atoms with Gasteiger partial charge in [-0.15, -0.1) is 5.10 Å². The first-order valence-corrected chi connectivity index (χ1v) is 9.25. The molecular weight excluding hydrogens is 344 g/mol. The molecule has 0 spiro atoms. The minimum Gasteiger partial charge on any atom is -0.480 e. The first-order chi connectivity index (χ1) is 13.0. The van der Waals surface area contributed by atoms with Gasteiger partial charge in [-0.1, -0.05) is 0 Å². The molecule has 4 rings (SSSR count). The maximum atomic E-state index is 12.6. The largest absolute Gasteiger partial charge is 0.480 e. The van der Waals surface area contributed by atoms with Crippen molar-refractivity contribution in [3.8, 4) is 5.88 Å². The Morgan fingerprint density at radius 3 is 2.63 bits per heavy atom. The van der Waals surface area contributed by atoms with Crippen LogP contribution in [-0.4, -0.2) is 33.0 Å². The molecule has 0 aromatic carbocycles. The molecule has 27 heavy (non-hydrogen) atoms. The predicted octanol–water partition coefficient (Wildman–Crippen LogP) is 2.01. The second-order valence-electron chi connectivity index (χ2n) is 7.32. The molecule has 2 aromatic rings. The number of hydrogen-bond donors (Lipinski definition) is 2. The van der Waals surface area contributed by atoms with E-state index in [1.54, 1.807) is 24.2 Å². The zero-order valence-corrected chi connectivity index (χ0v) is 15.6. The minimum atomic E-state index is -0.234.